The Morgan fingerprint density at radius 1 is 1.14 bits per heavy atom. The third-order valence-electron chi connectivity index (χ3n) is 3.92. The molecular formula is C12H21NO. The fourth-order valence-corrected chi connectivity index (χ4v) is 2.91. The average molecular weight is 195 g/mol. The Balaban J connectivity index is 1.99. The van der Waals surface area contributed by atoms with E-state index in [0.29, 0.717) is 23.8 Å². The van der Waals surface area contributed by atoms with Gasteiger partial charge in [0.1, 0.15) is 5.78 Å². The first kappa shape index (κ1) is 10.2. The van der Waals surface area contributed by atoms with E-state index in [1.165, 1.54) is 6.42 Å². The molecule has 2 bridgehead atoms. The van der Waals surface area contributed by atoms with Crippen molar-refractivity contribution in [2.45, 2.75) is 52.1 Å². The number of carbonyl (C=O) groups excluding carboxylic acids is 1. The summed E-state index contributed by atoms with van der Waals surface area (Å²) in [5.74, 6) is 0.815. The zero-order chi connectivity index (χ0) is 10.5. The zero-order valence-electron chi connectivity index (χ0n) is 9.71. The van der Waals surface area contributed by atoms with E-state index in [-0.39, 0.29) is 5.41 Å². The molecule has 0 aromatic carbocycles. The van der Waals surface area contributed by atoms with Crippen LogP contribution in [0.5, 0.6) is 0 Å². The van der Waals surface area contributed by atoms with Gasteiger partial charge in [0.25, 0.3) is 0 Å². The Bertz CT molecular complexity index is 242. The molecule has 2 atom stereocenters. The summed E-state index contributed by atoms with van der Waals surface area (Å²) in [5.41, 5.74) is -0.146. The minimum absolute atomic E-state index is 0.146. The first-order valence-electron chi connectivity index (χ1n) is 5.66. The van der Waals surface area contributed by atoms with Crippen molar-refractivity contribution in [3.05, 3.63) is 0 Å². The van der Waals surface area contributed by atoms with Crippen molar-refractivity contribution < 1.29 is 4.79 Å². The first-order chi connectivity index (χ1) is 6.39. The lowest BCUT2D eigenvalue weighted by atomic mass is 9.68. The number of hydrogen-bond acceptors (Lipinski definition) is 2. The van der Waals surface area contributed by atoms with Crippen LogP contribution in [0.2, 0.25) is 0 Å². The summed E-state index contributed by atoms with van der Waals surface area (Å²) in [7, 11) is 2.19. The van der Waals surface area contributed by atoms with E-state index in [0.717, 1.165) is 12.8 Å². The van der Waals surface area contributed by atoms with Crippen LogP contribution in [0.1, 0.15) is 40.0 Å². The van der Waals surface area contributed by atoms with Gasteiger partial charge in [0.15, 0.2) is 0 Å². The monoisotopic (exact) mass is 195 g/mol. The molecule has 0 radical (unpaired) electrons. The van der Waals surface area contributed by atoms with Crippen LogP contribution in [0.25, 0.3) is 0 Å². The molecule has 2 nitrogen and oxygen atoms in total. The van der Waals surface area contributed by atoms with Gasteiger partial charge in [0.2, 0.25) is 0 Å². The predicted octanol–water partition coefficient (Wildman–Crippen LogP) is 2.08. The van der Waals surface area contributed by atoms with E-state index in [2.05, 4.69) is 11.9 Å². The van der Waals surface area contributed by atoms with E-state index in [1.807, 2.05) is 20.8 Å². The molecule has 2 saturated heterocycles. The van der Waals surface area contributed by atoms with E-state index < -0.39 is 0 Å². The number of nitrogens with zero attached hydrogens (tertiary/aromatic N) is 1. The van der Waals surface area contributed by atoms with Crippen molar-refractivity contribution in [2.75, 3.05) is 7.05 Å². The van der Waals surface area contributed by atoms with E-state index >= 15 is 0 Å². The van der Waals surface area contributed by atoms with Gasteiger partial charge in [0.05, 0.1) is 0 Å². The number of rotatable bonds is 1. The number of hydrogen-bond donors (Lipinski definition) is 0. The molecule has 2 heteroatoms. The SMILES string of the molecule is CN1C2CC(C(=O)C(C)(C)C)CC1C2. The fourth-order valence-electron chi connectivity index (χ4n) is 2.91. The maximum atomic E-state index is 12.1. The smallest absolute Gasteiger partial charge is 0.141 e. The number of fused-ring (bicyclic) bond motifs is 2. The third-order valence-corrected chi connectivity index (χ3v) is 3.92. The Morgan fingerprint density at radius 2 is 1.64 bits per heavy atom. The van der Waals surface area contributed by atoms with Crippen molar-refractivity contribution in [2.24, 2.45) is 11.3 Å². The highest BCUT2D eigenvalue weighted by atomic mass is 16.1. The van der Waals surface area contributed by atoms with Gasteiger partial charge in [-0.05, 0) is 26.3 Å². The third kappa shape index (κ3) is 1.50. The first-order valence-corrected chi connectivity index (χ1v) is 5.66. The van der Waals surface area contributed by atoms with Crippen molar-refractivity contribution in [3.63, 3.8) is 0 Å². The average Bonchev–Trinajstić information content (AvgIpc) is 2.14. The highest BCUT2D eigenvalue weighted by molar-refractivity contribution is 5.86. The molecule has 1 aliphatic carbocycles. The lowest BCUT2D eigenvalue weighted by molar-refractivity contribution is -0.137. The van der Waals surface area contributed by atoms with Gasteiger partial charge >= 0.3 is 0 Å². The van der Waals surface area contributed by atoms with Crippen LogP contribution in [0.3, 0.4) is 0 Å². The molecule has 0 aromatic rings. The predicted molar refractivity (Wildman–Crippen MR) is 57.1 cm³/mol. The van der Waals surface area contributed by atoms with E-state index in [4.69, 9.17) is 0 Å². The second-order valence-electron chi connectivity index (χ2n) is 5.99. The topological polar surface area (TPSA) is 20.3 Å². The van der Waals surface area contributed by atoms with Crippen LogP contribution >= 0.6 is 0 Å². The van der Waals surface area contributed by atoms with Crippen LogP contribution in [0.15, 0.2) is 0 Å². The summed E-state index contributed by atoms with van der Waals surface area (Å²) in [6.07, 6.45) is 3.52. The Hall–Kier alpha value is -0.370. The summed E-state index contributed by atoms with van der Waals surface area (Å²) in [5, 5.41) is 0. The van der Waals surface area contributed by atoms with E-state index in [1.54, 1.807) is 0 Å². The van der Waals surface area contributed by atoms with Gasteiger partial charge in [-0.1, -0.05) is 20.8 Å². The molecule has 2 heterocycles. The van der Waals surface area contributed by atoms with Gasteiger partial charge in [-0.3, -0.25) is 4.79 Å². The zero-order valence-corrected chi connectivity index (χ0v) is 9.71. The Labute approximate surface area is 86.7 Å². The number of piperidine rings is 1. The summed E-state index contributed by atoms with van der Waals surface area (Å²) in [4.78, 5) is 14.5. The molecule has 1 saturated carbocycles. The molecule has 3 rings (SSSR count). The van der Waals surface area contributed by atoms with Crippen LogP contribution in [0, 0.1) is 11.3 Å². The molecule has 2 aliphatic heterocycles. The van der Waals surface area contributed by atoms with Crippen molar-refractivity contribution in [1.29, 1.82) is 0 Å². The molecule has 3 fully saturated rings. The van der Waals surface area contributed by atoms with Crippen molar-refractivity contribution >= 4 is 5.78 Å². The van der Waals surface area contributed by atoms with Crippen molar-refractivity contribution in [1.82, 2.24) is 4.90 Å². The molecule has 2 unspecified atom stereocenters. The van der Waals surface area contributed by atoms with E-state index in [9.17, 15) is 4.79 Å². The number of carbonyl (C=O) groups is 1. The van der Waals surface area contributed by atoms with Gasteiger partial charge in [-0.15, -0.1) is 0 Å². The molecule has 3 aliphatic rings. The Morgan fingerprint density at radius 3 is 2.00 bits per heavy atom. The highest BCUT2D eigenvalue weighted by Gasteiger charge is 2.46. The molecule has 0 spiro atoms. The van der Waals surface area contributed by atoms with Crippen LogP contribution < -0.4 is 0 Å². The van der Waals surface area contributed by atoms with Crippen molar-refractivity contribution in [3.8, 4) is 0 Å². The number of ketones is 1. The lowest BCUT2D eigenvalue weighted by Crippen LogP contribution is -2.60. The van der Waals surface area contributed by atoms with Crippen LogP contribution in [-0.4, -0.2) is 29.8 Å². The van der Waals surface area contributed by atoms with Gasteiger partial charge in [-0.2, -0.15) is 0 Å². The summed E-state index contributed by atoms with van der Waals surface area (Å²) >= 11 is 0. The second-order valence-corrected chi connectivity index (χ2v) is 5.99. The van der Waals surface area contributed by atoms with Crippen LogP contribution in [0.4, 0.5) is 0 Å². The highest BCUT2D eigenvalue weighted by Crippen LogP contribution is 2.42. The van der Waals surface area contributed by atoms with Gasteiger partial charge in [0, 0.05) is 23.4 Å². The molecule has 14 heavy (non-hydrogen) atoms. The summed E-state index contributed by atoms with van der Waals surface area (Å²) in [6, 6.07) is 1.40. The molecular weight excluding hydrogens is 174 g/mol. The van der Waals surface area contributed by atoms with Gasteiger partial charge < -0.3 is 4.90 Å². The normalized spacial score (nSPS) is 37.9. The Kier molecular flexibility index (Phi) is 2.22. The maximum absolute atomic E-state index is 12.1. The number of Topliss-reactive ketones (excluding diaryl/α,β-unsaturated/α-hetero) is 1. The van der Waals surface area contributed by atoms with Crippen LogP contribution in [-0.2, 0) is 4.79 Å². The minimum atomic E-state index is -0.146. The molecule has 80 valence electrons. The fraction of sp³-hybridized carbons (Fsp3) is 0.917. The standard InChI is InChI=1S/C12H21NO/c1-12(2,3)11(14)8-5-9-7-10(6-8)13(9)4/h8-10H,5-7H2,1-4H3. The minimum Gasteiger partial charge on any atom is -0.300 e. The largest absolute Gasteiger partial charge is 0.300 e. The maximum Gasteiger partial charge on any atom is 0.141 e. The van der Waals surface area contributed by atoms with Gasteiger partial charge in [-0.25, -0.2) is 0 Å². The lowest BCUT2D eigenvalue weighted by Gasteiger charge is -2.54. The molecule has 0 aromatic heterocycles. The summed E-state index contributed by atoms with van der Waals surface area (Å²) in [6.45, 7) is 6.12. The quantitative estimate of drug-likeness (QED) is 0.638. The summed E-state index contributed by atoms with van der Waals surface area (Å²) < 4.78 is 0. The second kappa shape index (κ2) is 3.06. The molecule has 0 amide bonds. The molecule has 0 N–H and O–H groups in total.